The Morgan fingerprint density at radius 1 is 0.789 bits per heavy atom. The third-order valence-corrected chi connectivity index (χ3v) is 3.70. The summed E-state index contributed by atoms with van der Waals surface area (Å²) in [5, 5.41) is 2.25. The number of rotatable bonds is 0. The van der Waals surface area contributed by atoms with E-state index in [2.05, 4.69) is 72.0 Å². The number of hydrogen-bond donors (Lipinski definition) is 0. The standard InChI is InChI=1S/C16H15BrN2/c1-16(2,3)12-8-6-10-4-5-11-7-9-13(17)19-15(11)14(10)18-12/h4-9H,1-3H3. The normalized spacial score (nSPS) is 12.2. The van der Waals surface area contributed by atoms with Gasteiger partial charge in [-0.2, -0.15) is 0 Å². The fourth-order valence-electron chi connectivity index (χ4n) is 2.16. The van der Waals surface area contributed by atoms with Gasteiger partial charge in [0.1, 0.15) is 4.60 Å². The summed E-state index contributed by atoms with van der Waals surface area (Å²) in [6.45, 7) is 6.53. The van der Waals surface area contributed by atoms with Gasteiger partial charge in [0, 0.05) is 21.9 Å². The molecular formula is C16H15BrN2. The van der Waals surface area contributed by atoms with Gasteiger partial charge in [-0.25, -0.2) is 9.97 Å². The maximum atomic E-state index is 4.83. The molecule has 0 aliphatic carbocycles. The first-order valence-corrected chi connectivity index (χ1v) is 7.11. The van der Waals surface area contributed by atoms with E-state index in [1.807, 2.05) is 6.07 Å². The summed E-state index contributed by atoms with van der Waals surface area (Å²) >= 11 is 3.44. The van der Waals surface area contributed by atoms with Crippen LogP contribution < -0.4 is 0 Å². The number of halogens is 1. The van der Waals surface area contributed by atoms with Crippen molar-refractivity contribution >= 4 is 37.7 Å². The number of nitrogens with zero attached hydrogens (tertiary/aromatic N) is 2. The van der Waals surface area contributed by atoms with E-state index in [1.54, 1.807) is 0 Å². The molecule has 2 aromatic heterocycles. The van der Waals surface area contributed by atoms with Crippen LogP contribution in [0.4, 0.5) is 0 Å². The zero-order valence-corrected chi connectivity index (χ0v) is 12.8. The summed E-state index contributed by atoms with van der Waals surface area (Å²) in [6, 6.07) is 12.5. The van der Waals surface area contributed by atoms with Crippen LogP contribution >= 0.6 is 15.9 Å². The van der Waals surface area contributed by atoms with Crippen molar-refractivity contribution in [1.82, 2.24) is 9.97 Å². The van der Waals surface area contributed by atoms with Gasteiger partial charge in [0.15, 0.2) is 0 Å². The first-order chi connectivity index (χ1) is 8.95. The third kappa shape index (κ3) is 2.23. The second kappa shape index (κ2) is 4.27. The Labute approximate surface area is 121 Å². The van der Waals surface area contributed by atoms with Crippen LogP contribution in [0.3, 0.4) is 0 Å². The smallest absolute Gasteiger partial charge is 0.106 e. The summed E-state index contributed by atoms with van der Waals surface area (Å²) in [4.78, 5) is 9.41. The lowest BCUT2D eigenvalue weighted by Gasteiger charge is -2.18. The lowest BCUT2D eigenvalue weighted by atomic mass is 9.91. The fraction of sp³-hybridized carbons (Fsp3) is 0.250. The topological polar surface area (TPSA) is 25.8 Å². The molecule has 1 aromatic carbocycles. The van der Waals surface area contributed by atoms with Crippen molar-refractivity contribution in [1.29, 1.82) is 0 Å². The highest BCUT2D eigenvalue weighted by Crippen LogP contribution is 2.27. The first-order valence-electron chi connectivity index (χ1n) is 6.32. The van der Waals surface area contributed by atoms with Crippen LogP contribution in [0, 0.1) is 0 Å². The second-order valence-corrected chi connectivity index (χ2v) is 6.60. The van der Waals surface area contributed by atoms with Gasteiger partial charge in [0.2, 0.25) is 0 Å². The second-order valence-electron chi connectivity index (χ2n) is 5.79. The molecule has 19 heavy (non-hydrogen) atoms. The summed E-state index contributed by atoms with van der Waals surface area (Å²) < 4.78 is 0.843. The molecule has 0 amide bonds. The number of benzene rings is 1. The van der Waals surface area contributed by atoms with Crippen LogP contribution in [0.5, 0.6) is 0 Å². The molecule has 0 atom stereocenters. The first kappa shape index (κ1) is 12.5. The monoisotopic (exact) mass is 314 g/mol. The van der Waals surface area contributed by atoms with Crippen molar-refractivity contribution in [2.75, 3.05) is 0 Å². The highest BCUT2D eigenvalue weighted by atomic mass is 79.9. The van der Waals surface area contributed by atoms with Crippen LogP contribution in [0.15, 0.2) is 41.0 Å². The predicted molar refractivity (Wildman–Crippen MR) is 83.4 cm³/mol. The maximum Gasteiger partial charge on any atom is 0.106 e. The van der Waals surface area contributed by atoms with Crippen molar-refractivity contribution in [3.8, 4) is 0 Å². The van der Waals surface area contributed by atoms with Gasteiger partial charge >= 0.3 is 0 Å². The van der Waals surface area contributed by atoms with E-state index in [0.717, 1.165) is 32.1 Å². The van der Waals surface area contributed by atoms with E-state index in [9.17, 15) is 0 Å². The van der Waals surface area contributed by atoms with Crippen molar-refractivity contribution in [2.45, 2.75) is 26.2 Å². The van der Waals surface area contributed by atoms with Crippen LogP contribution in [-0.2, 0) is 5.41 Å². The van der Waals surface area contributed by atoms with E-state index in [4.69, 9.17) is 4.98 Å². The minimum absolute atomic E-state index is 0.0440. The minimum atomic E-state index is 0.0440. The Balaban J connectivity index is 2.41. The number of fused-ring (bicyclic) bond motifs is 3. The van der Waals surface area contributed by atoms with Crippen molar-refractivity contribution in [3.05, 3.63) is 46.7 Å². The summed E-state index contributed by atoms with van der Waals surface area (Å²) in [5.41, 5.74) is 3.07. The molecule has 0 bridgehead atoms. The predicted octanol–water partition coefficient (Wildman–Crippen LogP) is 4.84. The van der Waals surface area contributed by atoms with Crippen molar-refractivity contribution < 1.29 is 0 Å². The summed E-state index contributed by atoms with van der Waals surface area (Å²) in [7, 11) is 0. The molecule has 0 N–H and O–H groups in total. The molecule has 0 saturated carbocycles. The molecule has 0 radical (unpaired) electrons. The van der Waals surface area contributed by atoms with E-state index in [1.165, 1.54) is 0 Å². The van der Waals surface area contributed by atoms with Crippen molar-refractivity contribution in [2.24, 2.45) is 0 Å². The molecule has 2 nitrogen and oxygen atoms in total. The Kier molecular flexibility index (Phi) is 2.82. The molecule has 3 aromatic rings. The Morgan fingerprint density at radius 3 is 1.95 bits per heavy atom. The molecule has 0 unspecified atom stereocenters. The molecule has 0 saturated heterocycles. The van der Waals surface area contributed by atoms with E-state index in [-0.39, 0.29) is 5.41 Å². The molecule has 0 aliphatic heterocycles. The lowest BCUT2D eigenvalue weighted by molar-refractivity contribution is 0.571. The molecule has 96 valence electrons. The van der Waals surface area contributed by atoms with Crippen LogP contribution in [0.25, 0.3) is 21.8 Å². The summed E-state index contributed by atoms with van der Waals surface area (Å²) in [6.07, 6.45) is 0. The molecule has 0 spiro atoms. The van der Waals surface area contributed by atoms with Gasteiger partial charge in [-0.1, -0.05) is 45.0 Å². The van der Waals surface area contributed by atoms with Crippen molar-refractivity contribution in [3.63, 3.8) is 0 Å². The SMILES string of the molecule is CC(C)(C)c1ccc2ccc3ccc(Br)nc3c2n1. The van der Waals surface area contributed by atoms with Gasteiger partial charge in [-0.3, -0.25) is 0 Å². The quantitative estimate of drug-likeness (QED) is 0.438. The summed E-state index contributed by atoms with van der Waals surface area (Å²) in [5.74, 6) is 0. The van der Waals surface area contributed by atoms with Gasteiger partial charge in [-0.05, 0) is 28.1 Å². The molecule has 3 rings (SSSR count). The third-order valence-electron chi connectivity index (χ3n) is 3.25. The number of aromatic nitrogens is 2. The molecule has 0 fully saturated rings. The maximum absolute atomic E-state index is 4.83. The zero-order chi connectivity index (χ0) is 13.6. The Hall–Kier alpha value is -1.48. The van der Waals surface area contributed by atoms with Crippen LogP contribution in [0.1, 0.15) is 26.5 Å². The molecule has 2 heterocycles. The lowest BCUT2D eigenvalue weighted by Crippen LogP contribution is -2.13. The Morgan fingerprint density at radius 2 is 1.32 bits per heavy atom. The fourth-order valence-corrected chi connectivity index (χ4v) is 2.47. The van der Waals surface area contributed by atoms with Gasteiger partial charge in [-0.15, -0.1) is 0 Å². The number of pyridine rings is 2. The van der Waals surface area contributed by atoms with E-state index >= 15 is 0 Å². The van der Waals surface area contributed by atoms with Gasteiger partial charge < -0.3 is 0 Å². The molecule has 3 heteroatoms. The Bertz CT molecular complexity index is 773. The number of hydrogen-bond acceptors (Lipinski definition) is 2. The average molecular weight is 315 g/mol. The molecular weight excluding hydrogens is 300 g/mol. The highest BCUT2D eigenvalue weighted by molar-refractivity contribution is 9.10. The highest BCUT2D eigenvalue weighted by Gasteiger charge is 2.16. The van der Waals surface area contributed by atoms with E-state index in [0.29, 0.717) is 0 Å². The van der Waals surface area contributed by atoms with Gasteiger partial charge in [0.25, 0.3) is 0 Å². The average Bonchev–Trinajstić information content (AvgIpc) is 2.37. The van der Waals surface area contributed by atoms with Gasteiger partial charge in [0.05, 0.1) is 11.0 Å². The van der Waals surface area contributed by atoms with Crippen LogP contribution in [-0.4, -0.2) is 9.97 Å². The van der Waals surface area contributed by atoms with Crippen LogP contribution in [0.2, 0.25) is 0 Å². The largest absolute Gasteiger partial charge is 0.250 e. The molecule has 0 aliphatic rings. The minimum Gasteiger partial charge on any atom is -0.250 e. The zero-order valence-electron chi connectivity index (χ0n) is 11.2. The van der Waals surface area contributed by atoms with E-state index < -0.39 is 0 Å².